The van der Waals surface area contributed by atoms with E-state index in [2.05, 4.69) is 69.4 Å². The van der Waals surface area contributed by atoms with Crippen LogP contribution in [-0.4, -0.2) is 111 Å². The average molecular weight is 1260 g/mol. The van der Waals surface area contributed by atoms with E-state index in [0.29, 0.717) is 45.5 Å². The molecule has 4 aliphatic heterocycles. The molecule has 0 amide bonds. The number of likely N-dealkylation sites (tertiary alicyclic amines) is 2. The third-order valence-electron chi connectivity index (χ3n) is 14.5. The first-order valence-corrected chi connectivity index (χ1v) is 29.1. The second-order valence-corrected chi connectivity index (χ2v) is 21.2. The van der Waals surface area contributed by atoms with E-state index in [-0.39, 0.29) is 66.2 Å². The molecule has 5 aromatic carbocycles. The van der Waals surface area contributed by atoms with Crippen LogP contribution < -0.4 is 46.4 Å². The summed E-state index contributed by atoms with van der Waals surface area (Å²) in [5, 5.41) is 26.8. The average Bonchev–Trinajstić information content (AvgIpc) is 4.48. The van der Waals surface area contributed by atoms with Crippen LogP contribution in [0.5, 0.6) is 0 Å². The number of piperidine rings is 3. The van der Waals surface area contributed by atoms with Crippen LogP contribution >= 0.6 is 27.5 Å². The van der Waals surface area contributed by atoms with Gasteiger partial charge in [-0.05, 0) is 192 Å². The number of nitrogens with one attached hydrogen (secondary N) is 3. The molecule has 0 spiro atoms. The van der Waals surface area contributed by atoms with E-state index in [9.17, 15) is 22.8 Å². The zero-order valence-corrected chi connectivity index (χ0v) is 51.6. The molecule has 1 unspecified atom stereocenters. The quantitative estimate of drug-likeness (QED) is 0.0101. The van der Waals surface area contributed by atoms with Crippen LogP contribution in [0.15, 0.2) is 163 Å². The Bertz CT molecular complexity index is 3260. The van der Waals surface area contributed by atoms with Crippen molar-refractivity contribution in [2.24, 2.45) is 10.3 Å². The predicted molar refractivity (Wildman–Crippen MR) is 324 cm³/mol. The van der Waals surface area contributed by atoms with Gasteiger partial charge in [0.15, 0.2) is 16.3 Å². The Morgan fingerprint density at radius 2 is 1.17 bits per heavy atom. The van der Waals surface area contributed by atoms with E-state index in [4.69, 9.17) is 40.5 Å². The number of carbonyl (C=O) groups is 1. The van der Waals surface area contributed by atoms with Gasteiger partial charge in [0, 0.05) is 42.4 Å². The Labute approximate surface area is 523 Å². The van der Waals surface area contributed by atoms with E-state index in [0.717, 1.165) is 107 Å². The number of fused-ring (bicyclic) bond motifs is 2. The molecule has 1 atom stereocenters. The van der Waals surface area contributed by atoms with Gasteiger partial charge in [-0.1, -0.05) is 92.5 Å². The van der Waals surface area contributed by atoms with Crippen LogP contribution in [0.4, 0.5) is 13.2 Å². The largest absolute Gasteiger partial charge is 1.00 e. The number of aromatic nitrogens is 2. The molecule has 11 rings (SSSR count). The number of hydrogen-bond acceptors (Lipinski definition) is 14. The first kappa shape index (κ1) is 68.7. The summed E-state index contributed by atoms with van der Waals surface area (Å²) >= 11 is 8.81. The summed E-state index contributed by atoms with van der Waals surface area (Å²) in [6.07, 6.45) is 14.7. The molecule has 0 saturated carbocycles. The maximum Gasteiger partial charge on any atom is 1.00 e. The Kier molecular flexibility index (Phi) is 30.6. The molecule has 0 radical (unpaired) electrons. The van der Waals surface area contributed by atoms with Crippen molar-refractivity contribution >= 4 is 67.1 Å². The van der Waals surface area contributed by atoms with Crippen LogP contribution in [0.1, 0.15) is 111 Å². The van der Waals surface area contributed by atoms with Crippen molar-refractivity contribution in [2.75, 3.05) is 57.7 Å². The van der Waals surface area contributed by atoms with Crippen molar-refractivity contribution in [3.63, 3.8) is 0 Å². The van der Waals surface area contributed by atoms with Gasteiger partial charge in [-0.25, -0.2) is 28.0 Å². The topological polar surface area (TPSA) is 211 Å². The van der Waals surface area contributed by atoms with Crippen molar-refractivity contribution in [2.45, 2.75) is 88.1 Å². The number of rotatable bonds is 14. The minimum absolute atomic E-state index is 0. The molecule has 22 heteroatoms. The summed E-state index contributed by atoms with van der Waals surface area (Å²) in [6, 6.07) is 31.2. The number of benzene rings is 5. The fourth-order valence-corrected chi connectivity index (χ4v) is 10.5. The number of oxime groups is 2. The minimum Gasteiger partial charge on any atom is -1.00 e. The van der Waals surface area contributed by atoms with Crippen LogP contribution in [-0.2, 0) is 14.5 Å². The Morgan fingerprint density at radius 3 is 1.61 bits per heavy atom. The van der Waals surface area contributed by atoms with Crippen LogP contribution in [0.2, 0.25) is 0 Å². The molecule has 0 aliphatic carbocycles. The van der Waals surface area contributed by atoms with E-state index in [1.165, 1.54) is 48.4 Å². The molecular formula is C62H73BrClF3N7NaO9. The molecule has 84 heavy (non-hydrogen) atoms. The Hall–Kier alpha value is -6.07. The van der Waals surface area contributed by atoms with Crippen molar-refractivity contribution in [1.29, 1.82) is 0 Å². The van der Waals surface area contributed by atoms with Gasteiger partial charge >= 0.3 is 47.5 Å². The summed E-state index contributed by atoms with van der Waals surface area (Å²) in [5.41, 5.74) is 8.26. The predicted octanol–water partition coefficient (Wildman–Crippen LogP) is 10.1. The van der Waals surface area contributed by atoms with Gasteiger partial charge in [0.05, 0.1) is 16.7 Å². The summed E-state index contributed by atoms with van der Waals surface area (Å²) in [5.74, 6) is 0.309. The zero-order chi connectivity index (χ0) is 59.3. The molecule has 3 fully saturated rings. The van der Waals surface area contributed by atoms with Crippen molar-refractivity contribution < 1.29 is 78.0 Å². The Balaban J connectivity index is 0.000000242. The van der Waals surface area contributed by atoms with Gasteiger partial charge in [0.25, 0.3) is 0 Å². The molecular weight excluding hydrogens is 1180 g/mol. The molecule has 16 nitrogen and oxygen atoms in total. The van der Waals surface area contributed by atoms with Gasteiger partial charge < -0.3 is 40.3 Å². The summed E-state index contributed by atoms with van der Waals surface area (Å²) in [7, 11) is 0. The first-order chi connectivity index (χ1) is 40.3. The van der Waals surface area contributed by atoms with Crippen LogP contribution in [0.25, 0.3) is 22.2 Å². The molecule has 6 heterocycles. The first-order valence-electron chi connectivity index (χ1n) is 27.6. The molecule has 7 aromatic rings. The number of aromatic amines is 2. The molecule has 2 aromatic heterocycles. The van der Waals surface area contributed by atoms with E-state index in [1.807, 2.05) is 66.7 Å². The van der Waals surface area contributed by atoms with Gasteiger partial charge in [0.2, 0.25) is 0 Å². The number of halogens is 5. The maximum absolute atomic E-state index is 13.1. The number of nitrogens with zero attached hydrogens (tertiary/aromatic N) is 4. The summed E-state index contributed by atoms with van der Waals surface area (Å²) in [6.45, 7) is 15.9. The monoisotopic (exact) mass is 1250 g/mol. The van der Waals surface area contributed by atoms with Crippen molar-refractivity contribution in [3.05, 3.63) is 201 Å². The van der Waals surface area contributed by atoms with Crippen molar-refractivity contribution in [1.82, 2.24) is 25.1 Å². The maximum atomic E-state index is 13.1. The SMILES string of the molecule is C=CCCBr.C=CCCN1CCC(c2ccc(F)cc2)CC1.Fc1ccc(C2CCNCC2)cc1.O=COO.O=c1[nH]c2ccc(C(Cl)=NO)cc2o1.O=c1[nH]c2ccc(C3=NOC(CCN4CCC(c5ccc(F)cc5)CC4)C3)cc2o1.[H-].[Na+]. The van der Waals surface area contributed by atoms with Gasteiger partial charge in [-0.15, -0.1) is 13.2 Å². The van der Waals surface area contributed by atoms with E-state index >= 15 is 0 Å². The third-order valence-corrected chi connectivity index (χ3v) is 15.3. The third kappa shape index (κ3) is 22.7. The summed E-state index contributed by atoms with van der Waals surface area (Å²) < 4.78 is 48.5. The number of allylic oxidation sites excluding steroid dienone is 1. The second-order valence-electron chi connectivity index (χ2n) is 20.1. The smallest absolute Gasteiger partial charge is 1.00 e. The number of hydrogen-bond donors (Lipinski definition) is 5. The number of carbonyl (C=O) groups excluding carboxylic acids is 1. The Morgan fingerprint density at radius 1 is 0.714 bits per heavy atom. The fourth-order valence-electron chi connectivity index (χ4n) is 10.0. The molecule has 4 aliphatic rings. The fraction of sp³-hybridized carbons (Fsp3) is 0.371. The van der Waals surface area contributed by atoms with E-state index < -0.39 is 11.5 Å². The standard InChI is InChI=1S/C23H24FN3O3.C15H20FN.C11H14FN.C8H5ClN2O3.C4H7Br.CH2O3.Na.H/c24-18-4-1-15(2-5-18)16-7-10-27(11-8-16)12-9-19-14-21(26-30-19)17-3-6-20-22(13-17)29-23(28)25-20;1-2-3-10-17-11-8-14(9-12-17)13-4-6-15(16)7-5-13;12-11-3-1-9(2-4-11)10-5-7-13-8-6-10;9-7(11-13)4-1-2-5-6(3-4)14-8(12)10-5;1-2-3-4-5;2-1-4-3;;/h1-6,13,16,19H,7-12,14H2,(H,25,28);2,4-7,14H,1,3,8-12H2;1-4,10,13H,5-8H2;1-3,13H,(H,10,12);2H,1,3-4H2;1,3H;;/q;;;;;;+1;-1. The number of alkyl halides is 1. The zero-order valence-electron chi connectivity index (χ0n) is 48.2. The van der Waals surface area contributed by atoms with Gasteiger partial charge in [-0.2, -0.15) is 0 Å². The van der Waals surface area contributed by atoms with Crippen LogP contribution in [0.3, 0.4) is 0 Å². The molecule has 3 saturated heterocycles. The molecule has 5 N–H and O–H groups in total. The number of oxazole rings is 2. The number of H-pyrrole nitrogens is 2. The molecule has 0 bridgehead atoms. The minimum atomic E-state index is -0.533. The van der Waals surface area contributed by atoms with Crippen molar-refractivity contribution in [3.8, 4) is 0 Å². The normalized spacial score (nSPS) is 16.6. The second kappa shape index (κ2) is 37.4. The van der Waals surface area contributed by atoms with Gasteiger partial charge in [0.1, 0.15) is 23.6 Å². The van der Waals surface area contributed by atoms with E-state index in [1.54, 1.807) is 48.5 Å². The van der Waals surface area contributed by atoms with Gasteiger partial charge in [-0.3, -0.25) is 14.8 Å². The van der Waals surface area contributed by atoms with Crippen LogP contribution in [0, 0.1) is 17.5 Å². The molecule has 446 valence electrons. The summed E-state index contributed by atoms with van der Waals surface area (Å²) in [4.78, 5) is 49.4.